The number of hydrogen-bond acceptors (Lipinski definition) is 5. The van der Waals surface area contributed by atoms with Gasteiger partial charge in [-0.05, 0) is 24.5 Å². The zero-order chi connectivity index (χ0) is 16.9. The molecule has 1 aliphatic heterocycles. The van der Waals surface area contributed by atoms with Gasteiger partial charge in [-0.25, -0.2) is 4.98 Å². The Labute approximate surface area is 141 Å². The van der Waals surface area contributed by atoms with Crippen LogP contribution >= 0.6 is 0 Å². The van der Waals surface area contributed by atoms with E-state index >= 15 is 0 Å². The SMILES string of the molecule is Cc1cnc(C(=O)NC[C@@H](O)CN2CCc3ccccc3C2)cn1. The van der Waals surface area contributed by atoms with Crippen LogP contribution in [0.15, 0.2) is 36.7 Å². The zero-order valence-corrected chi connectivity index (χ0v) is 13.8. The van der Waals surface area contributed by atoms with Gasteiger partial charge in [-0.15, -0.1) is 0 Å². The van der Waals surface area contributed by atoms with Gasteiger partial charge in [0.1, 0.15) is 5.69 Å². The normalized spacial score (nSPS) is 15.6. The minimum atomic E-state index is -0.613. The Kier molecular flexibility index (Phi) is 5.17. The van der Waals surface area contributed by atoms with Crippen LogP contribution in [-0.2, 0) is 13.0 Å². The minimum absolute atomic E-state index is 0.201. The van der Waals surface area contributed by atoms with Crippen molar-refractivity contribution >= 4 is 5.91 Å². The van der Waals surface area contributed by atoms with Gasteiger partial charge in [0.25, 0.3) is 5.91 Å². The quantitative estimate of drug-likeness (QED) is 0.855. The molecule has 0 radical (unpaired) electrons. The highest BCUT2D eigenvalue weighted by Gasteiger charge is 2.19. The number of aliphatic hydroxyl groups is 1. The maximum absolute atomic E-state index is 12.0. The molecule has 126 valence electrons. The standard InChI is InChI=1S/C18H22N4O2/c1-13-8-20-17(10-19-13)18(24)21-9-16(23)12-22-7-6-14-4-2-3-5-15(14)11-22/h2-5,8,10,16,23H,6-7,9,11-12H2,1H3,(H,21,24)/t16-/m1/s1. The average Bonchev–Trinajstić information content (AvgIpc) is 2.60. The number of hydrogen-bond donors (Lipinski definition) is 2. The highest BCUT2D eigenvalue weighted by atomic mass is 16.3. The topological polar surface area (TPSA) is 78.3 Å². The number of aliphatic hydroxyl groups excluding tert-OH is 1. The van der Waals surface area contributed by atoms with E-state index in [1.165, 1.54) is 17.3 Å². The van der Waals surface area contributed by atoms with E-state index < -0.39 is 6.10 Å². The van der Waals surface area contributed by atoms with Crippen molar-refractivity contribution in [3.63, 3.8) is 0 Å². The number of carbonyl (C=O) groups excluding carboxylic acids is 1. The Morgan fingerprint density at radius 1 is 1.29 bits per heavy atom. The van der Waals surface area contributed by atoms with Crippen molar-refractivity contribution in [2.24, 2.45) is 0 Å². The fourth-order valence-electron chi connectivity index (χ4n) is 2.88. The Bertz CT molecular complexity index is 702. The molecule has 24 heavy (non-hydrogen) atoms. The highest BCUT2D eigenvalue weighted by molar-refractivity contribution is 5.91. The summed E-state index contributed by atoms with van der Waals surface area (Å²) in [5.41, 5.74) is 3.72. The lowest BCUT2D eigenvalue weighted by Crippen LogP contribution is -2.42. The summed E-state index contributed by atoms with van der Waals surface area (Å²) in [4.78, 5) is 22.3. The predicted molar refractivity (Wildman–Crippen MR) is 90.5 cm³/mol. The third-order valence-electron chi connectivity index (χ3n) is 4.19. The van der Waals surface area contributed by atoms with Crippen molar-refractivity contribution in [3.8, 4) is 0 Å². The van der Waals surface area contributed by atoms with Gasteiger partial charge in [0.15, 0.2) is 0 Å². The van der Waals surface area contributed by atoms with E-state index in [1.54, 1.807) is 6.20 Å². The summed E-state index contributed by atoms with van der Waals surface area (Å²) < 4.78 is 0. The van der Waals surface area contributed by atoms with Crippen LogP contribution in [0, 0.1) is 6.92 Å². The number of carbonyl (C=O) groups is 1. The number of aryl methyl sites for hydroxylation is 1. The predicted octanol–water partition coefficient (Wildman–Crippen LogP) is 0.934. The van der Waals surface area contributed by atoms with Crippen molar-refractivity contribution in [2.45, 2.75) is 26.0 Å². The first-order valence-corrected chi connectivity index (χ1v) is 8.16. The summed E-state index contributed by atoms with van der Waals surface area (Å²) in [5, 5.41) is 12.9. The van der Waals surface area contributed by atoms with Gasteiger partial charge >= 0.3 is 0 Å². The molecule has 2 heterocycles. The lowest BCUT2D eigenvalue weighted by molar-refractivity contribution is 0.0837. The van der Waals surface area contributed by atoms with E-state index in [4.69, 9.17) is 0 Å². The molecule has 2 aromatic rings. The summed E-state index contributed by atoms with van der Waals surface area (Å²) >= 11 is 0. The van der Waals surface area contributed by atoms with Crippen LogP contribution < -0.4 is 5.32 Å². The maximum atomic E-state index is 12.0. The number of amides is 1. The molecule has 0 spiro atoms. The first-order valence-electron chi connectivity index (χ1n) is 8.16. The molecule has 0 bridgehead atoms. The van der Waals surface area contributed by atoms with Gasteiger partial charge in [-0.3, -0.25) is 14.7 Å². The number of fused-ring (bicyclic) bond motifs is 1. The van der Waals surface area contributed by atoms with E-state index in [0.29, 0.717) is 6.54 Å². The van der Waals surface area contributed by atoms with E-state index in [-0.39, 0.29) is 18.1 Å². The number of aromatic nitrogens is 2. The largest absolute Gasteiger partial charge is 0.390 e. The van der Waals surface area contributed by atoms with Gasteiger partial charge in [0.05, 0.1) is 18.0 Å². The summed E-state index contributed by atoms with van der Waals surface area (Å²) in [6.07, 6.45) is 3.38. The van der Waals surface area contributed by atoms with Crippen molar-refractivity contribution in [3.05, 3.63) is 59.2 Å². The summed E-state index contributed by atoms with van der Waals surface area (Å²) in [5.74, 6) is -0.314. The molecule has 0 saturated heterocycles. The van der Waals surface area contributed by atoms with Gasteiger partial charge in [-0.2, -0.15) is 0 Å². The number of nitrogens with one attached hydrogen (secondary N) is 1. The number of β-amino-alcohol motifs (C(OH)–C–C–N with tert-alkyl or cyclic N) is 1. The monoisotopic (exact) mass is 326 g/mol. The molecular weight excluding hydrogens is 304 g/mol. The third-order valence-corrected chi connectivity index (χ3v) is 4.19. The molecule has 2 N–H and O–H groups in total. The van der Waals surface area contributed by atoms with Crippen LogP contribution in [0.1, 0.15) is 27.3 Å². The second kappa shape index (κ2) is 7.51. The van der Waals surface area contributed by atoms with Crippen LogP contribution in [0.3, 0.4) is 0 Å². The van der Waals surface area contributed by atoms with Crippen molar-refractivity contribution in [1.82, 2.24) is 20.2 Å². The Balaban J connectivity index is 1.47. The van der Waals surface area contributed by atoms with Crippen molar-refractivity contribution < 1.29 is 9.90 Å². The molecule has 0 fully saturated rings. The van der Waals surface area contributed by atoms with E-state index in [0.717, 1.165) is 25.2 Å². The smallest absolute Gasteiger partial charge is 0.271 e. The Hall–Kier alpha value is -2.31. The molecule has 0 saturated carbocycles. The second-order valence-corrected chi connectivity index (χ2v) is 6.16. The fourth-order valence-corrected chi connectivity index (χ4v) is 2.88. The van der Waals surface area contributed by atoms with Crippen LogP contribution in [-0.4, -0.2) is 51.6 Å². The minimum Gasteiger partial charge on any atom is -0.390 e. The van der Waals surface area contributed by atoms with Gasteiger partial charge < -0.3 is 10.4 Å². The number of rotatable bonds is 5. The molecule has 1 amide bonds. The number of benzene rings is 1. The Morgan fingerprint density at radius 3 is 2.83 bits per heavy atom. The lowest BCUT2D eigenvalue weighted by Gasteiger charge is -2.30. The molecule has 1 aliphatic rings. The van der Waals surface area contributed by atoms with Crippen LogP contribution in [0.2, 0.25) is 0 Å². The molecule has 1 atom stereocenters. The Morgan fingerprint density at radius 2 is 2.08 bits per heavy atom. The molecular formula is C18H22N4O2. The van der Waals surface area contributed by atoms with E-state index in [1.807, 2.05) is 13.0 Å². The number of nitrogens with zero attached hydrogens (tertiary/aromatic N) is 3. The molecule has 1 aromatic carbocycles. The molecule has 0 unspecified atom stereocenters. The second-order valence-electron chi connectivity index (χ2n) is 6.16. The summed E-state index contributed by atoms with van der Waals surface area (Å²) in [7, 11) is 0. The van der Waals surface area contributed by atoms with Gasteiger partial charge in [0.2, 0.25) is 0 Å². The zero-order valence-electron chi connectivity index (χ0n) is 13.8. The van der Waals surface area contributed by atoms with Crippen LogP contribution in [0.5, 0.6) is 0 Å². The fraction of sp³-hybridized carbons (Fsp3) is 0.389. The first-order chi connectivity index (χ1) is 11.6. The lowest BCUT2D eigenvalue weighted by atomic mass is 10.00. The maximum Gasteiger partial charge on any atom is 0.271 e. The van der Waals surface area contributed by atoms with Gasteiger partial charge in [-0.1, -0.05) is 24.3 Å². The molecule has 6 nitrogen and oxygen atoms in total. The van der Waals surface area contributed by atoms with Crippen molar-refractivity contribution in [2.75, 3.05) is 19.6 Å². The molecule has 1 aromatic heterocycles. The third kappa shape index (κ3) is 4.15. The van der Waals surface area contributed by atoms with Gasteiger partial charge in [0, 0.05) is 32.4 Å². The van der Waals surface area contributed by atoms with Crippen LogP contribution in [0.25, 0.3) is 0 Å². The van der Waals surface area contributed by atoms with E-state index in [9.17, 15) is 9.90 Å². The summed E-state index contributed by atoms with van der Waals surface area (Å²) in [6, 6.07) is 8.39. The average molecular weight is 326 g/mol. The van der Waals surface area contributed by atoms with E-state index in [2.05, 4.69) is 38.4 Å². The van der Waals surface area contributed by atoms with Crippen molar-refractivity contribution in [1.29, 1.82) is 0 Å². The van der Waals surface area contributed by atoms with Crippen LogP contribution in [0.4, 0.5) is 0 Å². The molecule has 3 rings (SSSR count). The summed E-state index contributed by atoms with van der Waals surface area (Å²) in [6.45, 7) is 4.31. The molecule has 0 aliphatic carbocycles. The molecule has 6 heteroatoms. The highest BCUT2D eigenvalue weighted by Crippen LogP contribution is 2.18. The first kappa shape index (κ1) is 16.5.